The van der Waals surface area contributed by atoms with E-state index in [9.17, 15) is 0 Å². The molecule has 0 heterocycles. The monoisotopic (exact) mass is 180 g/mol. The predicted molar refractivity (Wildman–Crippen MR) is 59.8 cm³/mol. The molecule has 1 aliphatic carbocycles. The maximum atomic E-state index is 2.32. The highest BCUT2D eigenvalue weighted by molar-refractivity contribution is 5.21. The van der Waals surface area contributed by atoms with Crippen LogP contribution >= 0.6 is 0 Å². The van der Waals surface area contributed by atoms with E-state index in [1.165, 1.54) is 38.5 Å². The molecule has 1 rings (SSSR count). The van der Waals surface area contributed by atoms with Crippen LogP contribution in [0.1, 0.15) is 59.3 Å². The third-order valence-corrected chi connectivity index (χ3v) is 3.05. The van der Waals surface area contributed by atoms with Gasteiger partial charge in [-0.1, -0.05) is 51.2 Å². The van der Waals surface area contributed by atoms with Crippen molar-refractivity contribution in [1.82, 2.24) is 0 Å². The zero-order valence-corrected chi connectivity index (χ0v) is 9.47. The van der Waals surface area contributed by atoms with Gasteiger partial charge in [-0.3, -0.25) is 0 Å². The molecule has 0 saturated heterocycles. The molecule has 0 nitrogen and oxygen atoms in total. The molecule has 1 unspecified atom stereocenters. The van der Waals surface area contributed by atoms with E-state index in [1.807, 2.05) is 0 Å². The van der Waals surface area contributed by atoms with Crippen LogP contribution in [0.4, 0.5) is 0 Å². The molecule has 1 fully saturated rings. The minimum Gasteiger partial charge on any atom is -0.0881 e. The maximum Gasteiger partial charge on any atom is -0.0166 e. The summed E-state index contributed by atoms with van der Waals surface area (Å²) in [6, 6.07) is 0. The lowest BCUT2D eigenvalue weighted by atomic mass is 10.0. The van der Waals surface area contributed by atoms with Crippen molar-refractivity contribution in [3.05, 3.63) is 11.6 Å². The molecule has 0 radical (unpaired) electrons. The van der Waals surface area contributed by atoms with Gasteiger partial charge in [0.25, 0.3) is 0 Å². The van der Waals surface area contributed by atoms with Crippen LogP contribution in [0.3, 0.4) is 0 Å². The van der Waals surface area contributed by atoms with Crippen LogP contribution in [0, 0.1) is 11.8 Å². The van der Waals surface area contributed by atoms with Crippen molar-refractivity contribution >= 4 is 0 Å². The zero-order chi connectivity index (χ0) is 9.68. The molecule has 0 heteroatoms. The summed E-state index contributed by atoms with van der Waals surface area (Å²) in [6.07, 6.45) is 10.9. The Morgan fingerprint density at radius 3 is 2.62 bits per heavy atom. The highest BCUT2D eigenvalue weighted by atomic mass is 14.3. The fraction of sp³-hybridized carbons (Fsp3) is 0.846. The van der Waals surface area contributed by atoms with Gasteiger partial charge in [-0.15, -0.1) is 0 Å². The first kappa shape index (κ1) is 10.8. The average Bonchev–Trinajstić information content (AvgIpc) is 2.82. The van der Waals surface area contributed by atoms with Crippen molar-refractivity contribution < 1.29 is 0 Å². The van der Waals surface area contributed by atoms with Crippen molar-refractivity contribution in [2.45, 2.75) is 59.3 Å². The Morgan fingerprint density at radius 1 is 1.31 bits per heavy atom. The molecule has 0 amide bonds. The molecule has 0 spiro atoms. The summed E-state index contributed by atoms with van der Waals surface area (Å²) in [5.74, 6) is 1.89. The van der Waals surface area contributed by atoms with E-state index in [0.29, 0.717) is 0 Å². The largest absolute Gasteiger partial charge is 0.0881 e. The zero-order valence-electron chi connectivity index (χ0n) is 9.47. The van der Waals surface area contributed by atoms with Crippen molar-refractivity contribution in [2.24, 2.45) is 11.8 Å². The van der Waals surface area contributed by atoms with Crippen molar-refractivity contribution in [3.63, 3.8) is 0 Å². The fourth-order valence-electron chi connectivity index (χ4n) is 1.99. The molecule has 0 N–H and O–H groups in total. The molecule has 0 aromatic heterocycles. The molecule has 76 valence electrons. The highest BCUT2D eigenvalue weighted by Crippen LogP contribution is 2.41. The summed E-state index contributed by atoms with van der Waals surface area (Å²) < 4.78 is 0. The third-order valence-electron chi connectivity index (χ3n) is 3.05. The van der Waals surface area contributed by atoms with Crippen LogP contribution in [0.2, 0.25) is 0 Å². The van der Waals surface area contributed by atoms with Gasteiger partial charge >= 0.3 is 0 Å². The summed E-state index contributed by atoms with van der Waals surface area (Å²) in [5, 5.41) is 0. The predicted octanol–water partition coefficient (Wildman–Crippen LogP) is 4.56. The van der Waals surface area contributed by atoms with Gasteiger partial charge in [-0.2, -0.15) is 0 Å². The van der Waals surface area contributed by atoms with Crippen LogP contribution in [-0.2, 0) is 0 Å². The minimum atomic E-state index is 0.895. The second-order valence-electron chi connectivity index (χ2n) is 4.80. The Hall–Kier alpha value is -0.260. The molecule has 1 aliphatic rings. The van der Waals surface area contributed by atoms with Crippen LogP contribution < -0.4 is 0 Å². The van der Waals surface area contributed by atoms with Crippen molar-refractivity contribution in [1.29, 1.82) is 0 Å². The summed E-state index contributed by atoms with van der Waals surface area (Å²) in [5.41, 5.74) is 1.71. The van der Waals surface area contributed by atoms with E-state index in [0.717, 1.165) is 11.8 Å². The summed E-state index contributed by atoms with van der Waals surface area (Å²) >= 11 is 0. The van der Waals surface area contributed by atoms with E-state index in [1.54, 1.807) is 5.57 Å². The third kappa shape index (κ3) is 4.50. The first-order valence-corrected chi connectivity index (χ1v) is 5.89. The summed E-state index contributed by atoms with van der Waals surface area (Å²) in [4.78, 5) is 0. The van der Waals surface area contributed by atoms with Crippen molar-refractivity contribution in [2.75, 3.05) is 0 Å². The highest BCUT2D eigenvalue weighted by Gasteiger charge is 2.27. The van der Waals surface area contributed by atoms with Crippen LogP contribution in [0.5, 0.6) is 0 Å². The standard InChI is InChI=1S/C13H24/c1-4-12-10-13(12)9-7-5-6-8-11(2)3/h4,11,13H,5-10H2,1-3H3. The van der Waals surface area contributed by atoms with Gasteiger partial charge in [-0.25, -0.2) is 0 Å². The molecule has 1 atom stereocenters. The van der Waals surface area contributed by atoms with E-state index in [-0.39, 0.29) is 0 Å². The molecule has 0 aromatic rings. The average molecular weight is 180 g/mol. The number of allylic oxidation sites excluding steroid dienone is 2. The lowest BCUT2D eigenvalue weighted by Gasteiger charge is -2.03. The van der Waals surface area contributed by atoms with Gasteiger partial charge < -0.3 is 0 Å². The first-order chi connectivity index (χ1) is 6.24. The quantitative estimate of drug-likeness (QED) is 0.415. The molecule has 1 saturated carbocycles. The molecule has 0 aliphatic heterocycles. The van der Waals surface area contributed by atoms with E-state index >= 15 is 0 Å². The van der Waals surface area contributed by atoms with Gasteiger partial charge in [0.05, 0.1) is 0 Å². The van der Waals surface area contributed by atoms with Crippen LogP contribution in [-0.4, -0.2) is 0 Å². The Balaban J connectivity index is 1.86. The minimum absolute atomic E-state index is 0.895. The molecule has 13 heavy (non-hydrogen) atoms. The van der Waals surface area contributed by atoms with Crippen LogP contribution in [0.15, 0.2) is 11.6 Å². The van der Waals surface area contributed by atoms with Gasteiger partial charge in [0.2, 0.25) is 0 Å². The lowest BCUT2D eigenvalue weighted by Crippen LogP contribution is -1.87. The second kappa shape index (κ2) is 5.47. The Morgan fingerprint density at radius 2 is 2.08 bits per heavy atom. The van der Waals surface area contributed by atoms with Gasteiger partial charge in [0.15, 0.2) is 0 Å². The fourth-order valence-corrected chi connectivity index (χ4v) is 1.99. The van der Waals surface area contributed by atoms with Crippen molar-refractivity contribution in [3.8, 4) is 0 Å². The normalized spacial score (nSPS) is 24.3. The van der Waals surface area contributed by atoms with Crippen LogP contribution in [0.25, 0.3) is 0 Å². The van der Waals surface area contributed by atoms with E-state index in [4.69, 9.17) is 0 Å². The van der Waals surface area contributed by atoms with Gasteiger partial charge in [0.1, 0.15) is 0 Å². The summed E-state index contributed by atoms with van der Waals surface area (Å²) in [7, 11) is 0. The SMILES string of the molecule is CC=C1CC1CCCCCC(C)C. The molecule has 0 bridgehead atoms. The number of hydrogen-bond acceptors (Lipinski definition) is 0. The Bertz CT molecular complexity index is 165. The lowest BCUT2D eigenvalue weighted by molar-refractivity contribution is 0.514. The number of rotatable bonds is 6. The smallest absolute Gasteiger partial charge is 0.0166 e. The number of unbranched alkanes of at least 4 members (excludes halogenated alkanes) is 2. The Labute approximate surface area is 83.4 Å². The van der Waals surface area contributed by atoms with Gasteiger partial charge in [0, 0.05) is 0 Å². The summed E-state index contributed by atoms with van der Waals surface area (Å²) in [6.45, 7) is 6.81. The van der Waals surface area contributed by atoms with Gasteiger partial charge in [-0.05, 0) is 31.6 Å². The second-order valence-corrected chi connectivity index (χ2v) is 4.80. The Kier molecular flexibility index (Phi) is 4.55. The van der Waals surface area contributed by atoms with E-state index < -0.39 is 0 Å². The molecule has 0 aromatic carbocycles. The molecular formula is C13H24. The van der Waals surface area contributed by atoms with E-state index in [2.05, 4.69) is 26.8 Å². The first-order valence-electron chi connectivity index (χ1n) is 5.89. The molecular weight excluding hydrogens is 156 g/mol. The topological polar surface area (TPSA) is 0 Å². The maximum absolute atomic E-state index is 2.32. The number of hydrogen-bond donors (Lipinski definition) is 0.